The Hall–Kier alpha value is -2.99. The molecule has 0 spiro atoms. The summed E-state index contributed by atoms with van der Waals surface area (Å²) in [6, 6.07) is 13.5. The van der Waals surface area contributed by atoms with Gasteiger partial charge in [0, 0.05) is 23.9 Å². The Labute approximate surface area is 157 Å². The van der Waals surface area contributed by atoms with Crippen LogP contribution in [0.5, 0.6) is 0 Å². The summed E-state index contributed by atoms with van der Waals surface area (Å²) in [6.45, 7) is 2.89. The minimum atomic E-state index is -0.178. The van der Waals surface area contributed by atoms with Crippen LogP contribution < -0.4 is 5.32 Å². The van der Waals surface area contributed by atoms with Gasteiger partial charge in [-0.25, -0.2) is 0 Å². The number of ether oxygens (including phenoxy) is 1. The van der Waals surface area contributed by atoms with Crippen LogP contribution in [0.3, 0.4) is 0 Å². The third kappa shape index (κ3) is 3.75. The van der Waals surface area contributed by atoms with E-state index in [9.17, 15) is 4.79 Å². The van der Waals surface area contributed by atoms with E-state index >= 15 is 0 Å². The van der Waals surface area contributed by atoms with Crippen molar-refractivity contribution in [3.63, 3.8) is 0 Å². The molecule has 2 atom stereocenters. The molecule has 0 aliphatic carbocycles. The summed E-state index contributed by atoms with van der Waals surface area (Å²) >= 11 is 0. The molecule has 0 bridgehead atoms. The van der Waals surface area contributed by atoms with Crippen LogP contribution in [-0.4, -0.2) is 35.3 Å². The van der Waals surface area contributed by atoms with Gasteiger partial charge in [-0.05, 0) is 31.0 Å². The highest BCUT2D eigenvalue weighted by molar-refractivity contribution is 6.00. The predicted molar refractivity (Wildman–Crippen MR) is 100 cm³/mol. The molecule has 1 aliphatic heterocycles. The molecule has 6 heteroatoms. The molecule has 4 rings (SSSR count). The number of rotatable bonds is 5. The van der Waals surface area contributed by atoms with Crippen molar-refractivity contribution in [1.82, 2.24) is 15.5 Å². The zero-order valence-electron chi connectivity index (χ0n) is 15.1. The van der Waals surface area contributed by atoms with Crippen LogP contribution in [0.4, 0.5) is 0 Å². The lowest BCUT2D eigenvalue weighted by atomic mass is 9.95. The Kier molecular flexibility index (Phi) is 4.98. The lowest BCUT2D eigenvalue weighted by Gasteiger charge is -2.19. The Balaban J connectivity index is 1.52. The Morgan fingerprint density at radius 2 is 1.93 bits per heavy atom. The van der Waals surface area contributed by atoms with Gasteiger partial charge in [0.05, 0.1) is 19.3 Å². The minimum Gasteiger partial charge on any atom is -0.379 e. The number of carbonyl (C=O) groups is 1. The summed E-state index contributed by atoms with van der Waals surface area (Å²) in [6.07, 6.45) is 4.40. The van der Waals surface area contributed by atoms with E-state index in [1.807, 2.05) is 42.5 Å². The first-order valence-corrected chi connectivity index (χ1v) is 9.01. The highest BCUT2D eigenvalue weighted by Crippen LogP contribution is 2.26. The van der Waals surface area contributed by atoms with E-state index in [4.69, 9.17) is 9.26 Å². The van der Waals surface area contributed by atoms with Crippen LogP contribution >= 0.6 is 0 Å². The van der Waals surface area contributed by atoms with Crippen LogP contribution in [-0.2, 0) is 11.2 Å². The standard InChI is InChI=1S/C21H21N3O3/c1-14-19(20(24-27-14)16-5-3-2-4-6-16)21(25)23-18-13-26-12-17(18)11-15-7-9-22-10-8-15/h2-10,17-18H,11-13H2,1H3,(H,23,25)/t17-,18+/m1/s1. The van der Waals surface area contributed by atoms with Crippen molar-refractivity contribution in [2.24, 2.45) is 5.92 Å². The van der Waals surface area contributed by atoms with E-state index < -0.39 is 0 Å². The molecule has 0 unspecified atom stereocenters. The fourth-order valence-corrected chi connectivity index (χ4v) is 3.45. The molecule has 1 saturated heterocycles. The van der Waals surface area contributed by atoms with Crippen molar-refractivity contribution in [1.29, 1.82) is 0 Å². The molecular formula is C21H21N3O3. The fraction of sp³-hybridized carbons (Fsp3) is 0.286. The lowest BCUT2D eigenvalue weighted by Crippen LogP contribution is -2.40. The maximum absolute atomic E-state index is 13.0. The molecule has 1 aliphatic rings. The minimum absolute atomic E-state index is 0.0522. The second-order valence-electron chi connectivity index (χ2n) is 6.77. The number of aromatic nitrogens is 2. The van der Waals surface area contributed by atoms with Crippen LogP contribution in [0.2, 0.25) is 0 Å². The van der Waals surface area contributed by atoms with Gasteiger partial charge in [-0.15, -0.1) is 0 Å². The van der Waals surface area contributed by atoms with Crippen molar-refractivity contribution in [2.75, 3.05) is 13.2 Å². The highest BCUT2D eigenvalue weighted by Gasteiger charge is 2.32. The Morgan fingerprint density at radius 1 is 1.15 bits per heavy atom. The van der Waals surface area contributed by atoms with E-state index in [0.717, 1.165) is 12.0 Å². The van der Waals surface area contributed by atoms with Crippen molar-refractivity contribution >= 4 is 5.91 Å². The number of benzene rings is 1. The van der Waals surface area contributed by atoms with Crippen molar-refractivity contribution in [3.8, 4) is 11.3 Å². The Morgan fingerprint density at radius 3 is 2.70 bits per heavy atom. The smallest absolute Gasteiger partial charge is 0.257 e. The third-order valence-corrected chi connectivity index (χ3v) is 4.90. The molecule has 1 amide bonds. The molecule has 0 saturated carbocycles. The molecule has 1 aromatic carbocycles. The number of nitrogens with one attached hydrogen (secondary N) is 1. The number of pyridine rings is 1. The van der Waals surface area contributed by atoms with E-state index in [-0.39, 0.29) is 17.9 Å². The lowest BCUT2D eigenvalue weighted by molar-refractivity contribution is 0.0924. The van der Waals surface area contributed by atoms with Gasteiger partial charge >= 0.3 is 0 Å². The number of hydrogen-bond donors (Lipinski definition) is 1. The molecule has 27 heavy (non-hydrogen) atoms. The third-order valence-electron chi connectivity index (χ3n) is 4.90. The maximum atomic E-state index is 13.0. The monoisotopic (exact) mass is 363 g/mol. The molecule has 0 radical (unpaired) electrons. The first-order valence-electron chi connectivity index (χ1n) is 9.01. The average Bonchev–Trinajstić information content (AvgIpc) is 3.29. The summed E-state index contributed by atoms with van der Waals surface area (Å²) in [5, 5.41) is 7.22. The largest absolute Gasteiger partial charge is 0.379 e. The van der Waals surface area contributed by atoms with Crippen molar-refractivity contribution < 1.29 is 14.1 Å². The van der Waals surface area contributed by atoms with E-state index in [0.29, 0.717) is 30.2 Å². The second kappa shape index (κ2) is 7.72. The molecule has 6 nitrogen and oxygen atoms in total. The number of hydrogen-bond acceptors (Lipinski definition) is 5. The summed E-state index contributed by atoms with van der Waals surface area (Å²) in [4.78, 5) is 17.0. The molecule has 1 fully saturated rings. The highest BCUT2D eigenvalue weighted by atomic mass is 16.5. The van der Waals surface area contributed by atoms with E-state index in [1.165, 1.54) is 5.56 Å². The van der Waals surface area contributed by atoms with Gasteiger partial charge in [-0.3, -0.25) is 9.78 Å². The fourth-order valence-electron chi connectivity index (χ4n) is 3.45. The van der Waals surface area contributed by atoms with Crippen LogP contribution in [0, 0.1) is 12.8 Å². The first kappa shape index (κ1) is 17.4. The second-order valence-corrected chi connectivity index (χ2v) is 6.77. The molecule has 2 aromatic heterocycles. The van der Waals surface area contributed by atoms with Crippen molar-refractivity contribution in [3.05, 3.63) is 71.7 Å². The van der Waals surface area contributed by atoms with Gasteiger partial charge in [0.25, 0.3) is 5.91 Å². The van der Waals surface area contributed by atoms with E-state index in [2.05, 4.69) is 15.5 Å². The number of amides is 1. The summed E-state index contributed by atoms with van der Waals surface area (Å²) in [7, 11) is 0. The molecule has 3 heterocycles. The van der Waals surface area contributed by atoms with Gasteiger partial charge in [-0.1, -0.05) is 35.5 Å². The topological polar surface area (TPSA) is 77.2 Å². The summed E-state index contributed by atoms with van der Waals surface area (Å²) in [5.41, 5.74) is 3.09. The Bertz CT molecular complexity index is 909. The summed E-state index contributed by atoms with van der Waals surface area (Å²) in [5.74, 6) is 0.551. The van der Waals surface area contributed by atoms with Gasteiger partial charge in [-0.2, -0.15) is 0 Å². The van der Waals surface area contributed by atoms with Gasteiger partial charge < -0.3 is 14.6 Å². The SMILES string of the molecule is Cc1onc(-c2ccccc2)c1C(=O)N[C@H]1COC[C@H]1Cc1ccncc1. The zero-order valence-corrected chi connectivity index (χ0v) is 15.1. The van der Waals surface area contributed by atoms with Gasteiger partial charge in [0.1, 0.15) is 17.0 Å². The summed E-state index contributed by atoms with van der Waals surface area (Å²) < 4.78 is 10.9. The zero-order chi connectivity index (χ0) is 18.6. The normalized spacial score (nSPS) is 19.1. The number of nitrogens with zero attached hydrogens (tertiary/aromatic N) is 2. The van der Waals surface area contributed by atoms with Crippen LogP contribution in [0.25, 0.3) is 11.3 Å². The maximum Gasteiger partial charge on any atom is 0.257 e. The average molecular weight is 363 g/mol. The molecule has 3 aromatic rings. The van der Waals surface area contributed by atoms with Crippen LogP contribution in [0.15, 0.2) is 59.4 Å². The first-order chi connectivity index (χ1) is 13.2. The molecule has 1 N–H and O–H groups in total. The molecular weight excluding hydrogens is 342 g/mol. The van der Waals surface area contributed by atoms with E-state index in [1.54, 1.807) is 19.3 Å². The molecule has 138 valence electrons. The van der Waals surface area contributed by atoms with Crippen molar-refractivity contribution in [2.45, 2.75) is 19.4 Å². The van der Waals surface area contributed by atoms with Gasteiger partial charge in [0.2, 0.25) is 0 Å². The van der Waals surface area contributed by atoms with Crippen LogP contribution in [0.1, 0.15) is 21.7 Å². The number of carbonyl (C=O) groups excluding carboxylic acids is 1. The quantitative estimate of drug-likeness (QED) is 0.754. The van der Waals surface area contributed by atoms with Gasteiger partial charge in [0.15, 0.2) is 0 Å². The predicted octanol–water partition coefficient (Wildman–Crippen LogP) is 3.03. The number of aryl methyl sites for hydroxylation is 1.